The number of likely N-dealkylation sites (tertiary alicyclic amines) is 1. The first-order chi connectivity index (χ1) is 7.67. The summed E-state index contributed by atoms with van der Waals surface area (Å²) in [6.07, 6.45) is 8.80. The lowest BCUT2D eigenvalue weighted by Gasteiger charge is -2.35. The first-order valence-electron chi connectivity index (χ1n) is 6.59. The van der Waals surface area contributed by atoms with E-state index in [2.05, 4.69) is 36.9 Å². The van der Waals surface area contributed by atoms with Crippen LogP contribution in [0.15, 0.2) is 0 Å². The van der Waals surface area contributed by atoms with Crippen LogP contribution in [0.2, 0.25) is 0 Å². The first-order valence-corrected chi connectivity index (χ1v) is 6.59. The van der Waals surface area contributed by atoms with Crippen LogP contribution in [-0.2, 0) is 0 Å². The molecule has 0 spiro atoms. The van der Waals surface area contributed by atoms with Gasteiger partial charge in [-0.25, -0.2) is 0 Å². The van der Waals surface area contributed by atoms with E-state index < -0.39 is 0 Å². The zero-order valence-corrected chi connectivity index (χ0v) is 11.0. The Hall–Kier alpha value is -0.520. The first kappa shape index (κ1) is 13.5. The summed E-state index contributed by atoms with van der Waals surface area (Å²) in [5, 5.41) is 3.62. The van der Waals surface area contributed by atoms with Crippen LogP contribution in [0.4, 0.5) is 0 Å². The Morgan fingerprint density at radius 2 is 2.00 bits per heavy atom. The topological polar surface area (TPSA) is 15.3 Å². The number of nitrogens with zero attached hydrogens (tertiary/aromatic N) is 1. The molecule has 0 aliphatic carbocycles. The second-order valence-electron chi connectivity index (χ2n) is 5.04. The van der Waals surface area contributed by atoms with Crippen LogP contribution in [0.5, 0.6) is 0 Å². The fourth-order valence-corrected chi connectivity index (χ4v) is 2.59. The fraction of sp³-hybridized carbons (Fsp3) is 0.857. The largest absolute Gasteiger partial charge is 0.311 e. The highest BCUT2D eigenvalue weighted by molar-refractivity contribution is 4.90. The zero-order chi connectivity index (χ0) is 12.0. The van der Waals surface area contributed by atoms with Crippen molar-refractivity contribution < 1.29 is 0 Å². The van der Waals surface area contributed by atoms with Crippen LogP contribution < -0.4 is 5.32 Å². The highest BCUT2D eigenvalue weighted by Gasteiger charge is 2.23. The van der Waals surface area contributed by atoms with Crippen LogP contribution in [0, 0.1) is 18.3 Å². The van der Waals surface area contributed by atoms with Gasteiger partial charge in [0.05, 0.1) is 0 Å². The van der Waals surface area contributed by atoms with Crippen molar-refractivity contribution in [1.82, 2.24) is 10.2 Å². The van der Waals surface area contributed by atoms with E-state index in [1.165, 1.54) is 32.5 Å². The second-order valence-corrected chi connectivity index (χ2v) is 5.04. The summed E-state index contributed by atoms with van der Waals surface area (Å²) < 4.78 is 0. The monoisotopic (exact) mass is 222 g/mol. The highest BCUT2D eigenvalue weighted by Crippen LogP contribution is 2.20. The predicted molar refractivity (Wildman–Crippen MR) is 70.3 cm³/mol. The molecule has 0 aromatic heterocycles. The summed E-state index contributed by atoms with van der Waals surface area (Å²) in [5.74, 6) is 3.54. The van der Waals surface area contributed by atoms with Gasteiger partial charge in [-0.3, -0.25) is 0 Å². The minimum Gasteiger partial charge on any atom is -0.311 e. The molecule has 2 atom stereocenters. The van der Waals surface area contributed by atoms with E-state index in [-0.39, 0.29) is 0 Å². The van der Waals surface area contributed by atoms with E-state index in [1.807, 2.05) is 0 Å². The lowest BCUT2D eigenvalue weighted by molar-refractivity contribution is 0.165. The average molecular weight is 222 g/mol. The van der Waals surface area contributed by atoms with Crippen molar-refractivity contribution in [1.29, 1.82) is 0 Å². The molecule has 1 aliphatic heterocycles. The smallest absolute Gasteiger partial charge is 0.0238 e. The van der Waals surface area contributed by atoms with E-state index in [1.54, 1.807) is 0 Å². The Labute approximate surface area is 101 Å². The quantitative estimate of drug-likeness (QED) is 0.717. The van der Waals surface area contributed by atoms with Crippen LogP contribution in [0.3, 0.4) is 0 Å². The SMILES string of the molecule is C#CCC(C)NC(C)C1CCN(CC)CC1. The number of piperidine rings is 1. The van der Waals surface area contributed by atoms with Gasteiger partial charge in [-0.2, -0.15) is 0 Å². The second kappa shape index (κ2) is 6.93. The molecular weight excluding hydrogens is 196 g/mol. The molecule has 92 valence electrons. The molecule has 1 N–H and O–H groups in total. The Bertz CT molecular complexity index is 223. The van der Waals surface area contributed by atoms with E-state index in [0.717, 1.165) is 12.3 Å². The number of hydrogen-bond donors (Lipinski definition) is 1. The lowest BCUT2D eigenvalue weighted by Crippen LogP contribution is -2.44. The van der Waals surface area contributed by atoms with Crippen LogP contribution in [0.1, 0.15) is 40.0 Å². The highest BCUT2D eigenvalue weighted by atomic mass is 15.1. The number of hydrogen-bond acceptors (Lipinski definition) is 2. The number of nitrogens with one attached hydrogen (secondary N) is 1. The number of rotatable bonds is 5. The maximum atomic E-state index is 5.32. The van der Waals surface area contributed by atoms with Crippen molar-refractivity contribution in [2.75, 3.05) is 19.6 Å². The molecule has 1 aliphatic rings. The van der Waals surface area contributed by atoms with Crippen molar-refractivity contribution in [3.8, 4) is 12.3 Å². The number of terminal acetylenes is 1. The lowest BCUT2D eigenvalue weighted by atomic mass is 9.90. The third kappa shape index (κ3) is 4.15. The van der Waals surface area contributed by atoms with Crippen molar-refractivity contribution in [3.05, 3.63) is 0 Å². The third-order valence-electron chi connectivity index (χ3n) is 3.76. The Balaban J connectivity index is 2.27. The summed E-state index contributed by atoms with van der Waals surface area (Å²) in [5.41, 5.74) is 0. The minimum absolute atomic E-state index is 0.448. The maximum absolute atomic E-state index is 5.32. The van der Waals surface area contributed by atoms with Crippen molar-refractivity contribution >= 4 is 0 Å². The van der Waals surface area contributed by atoms with Gasteiger partial charge in [0.25, 0.3) is 0 Å². The van der Waals surface area contributed by atoms with Crippen LogP contribution in [-0.4, -0.2) is 36.6 Å². The Morgan fingerprint density at radius 3 is 2.50 bits per heavy atom. The van der Waals surface area contributed by atoms with E-state index in [4.69, 9.17) is 6.42 Å². The normalized spacial score (nSPS) is 22.6. The van der Waals surface area contributed by atoms with Crippen molar-refractivity contribution in [2.24, 2.45) is 5.92 Å². The van der Waals surface area contributed by atoms with Gasteiger partial charge in [-0.05, 0) is 52.2 Å². The zero-order valence-electron chi connectivity index (χ0n) is 11.0. The molecule has 2 nitrogen and oxygen atoms in total. The van der Waals surface area contributed by atoms with Crippen LogP contribution in [0.25, 0.3) is 0 Å². The molecule has 0 saturated carbocycles. The molecule has 0 amide bonds. The fourth-order valence-electron chi connectivity index (χ4n) is 2.59. The van der Waals surface area contributed by atoms with Gasteiger partial charge in [0.1, 0.15) is 0 Å². The summed E-state index contributed by atoms with van der Waals surface area (Å²) in [4.78, 5) is 2.54. The molecule has 1 rings (SSSR count). The van der Waals surface area contributed by atoms with Crippen LogP contribution >= 0.6 is 0 Å². The molecule has 16 heavy (non-hydrogen) atoms. The average Bonchev–Trinajstić information content (AvgIpc) is 2.29. The minimum atomic E-state index is 0.448. The van der Waals surface area contributed by atoms with Gasteiger partial charge in [0.15, 0.2) is 0 Å². The Morgan fingerprint density at radius 1 is 1.38 bits per heavy atom. The molecular formula is C14H26N2. The van der Waals surface area contributed by atoms with Gasteiger partial charge in [0, 0.05) is 18.5 Å². The summed E-state index contributed by atoms with van der Waals surface area (Å²) in [7, 11) is 0. The van der Waals surface area contributed by atoms with E-state index >= 15 is 0 Å². The van der Waals surface area contributed by atoms with Gasteiger partial charge >= 0.3 is 0 Å². The van der Waals surface area contributed by atoms with Gasteiger partial charge in [0.2, 0.25) is 0 Å². The third-order valence-corrected chi connectivity index (χ3v) is 3.76. The summed E-state index contributed by atoms with van der Waals surface area (Å²) >= 11 is 0. The Kier molecular flexibility index (Phi) is 5.87. The standard InChI is InChI=1S/C14H26N2/c1-5-7-12(3)15-13(4)14-8-10-16(6-2)11-9-14/h1,12-15H,6-11H2,2-4H3. The summed E-state index contributed by atoms with van der Waals surface area (Å²) in [6.45, 7) is 10.4. The molecule has 0 radical (unpaired) electrons. The van der Waals surface area contributed by atoms with Gasteiger partial charge in [-0.1, -0.05) is 6.92 Å². The molecule has 0 aromatic carbocycles. The van der Waals surface area contributed by atoms with Crippen molar-refractivity contribution in [2.45, 2.75) is 52.1 Å². The molecule has 1 saturated heterocycles. The molecule has 2 heteroatoms. The molecule has 0 bridgehead atoms. The molecule has 2 unspecified atom stereocenters. The predicted octanol–water partition coefficient (Wildman–Crippen LogP) is 2.11. The van der Waals surface area contributed by atoms with E-state index in [9.17, 15) is 0 Å². The molecule has 1 heterocycles. The van der Waals surface area contributed by atoms with Gasteiger partial charge < -0.3 is 10.2 Å². The van der Waals surface area contributed by atoms with Crippen molar-refractivity contribution in [3.63, 3.8) is 0 Å². The molecule has 1 fully saturated rings. The van der Waals surface area contributed by atoms with E-state index in [0.29, 0.717) is 12.1 Å². The maximum Gasteiger partial charge on any atom is 0.0238 e. The molecule has 0 aromatic rings. The summed E-state index contributed by atoms with van der Waals surface area (Å²) in [6, 6.07) is 1.05. The van der Waals surface area contributed by atoms with Gasteiger partial charge in [-0.15, -0.1) is 12.3 Å².